The van der Waals surface area contributed by atoms with Crippen LogP contribution in [0.15, 0.2) is 59.8 Å². The van der Waals surface area contributed by atoms with Crippen LogP contribution in [0.1, 0.15) is 17.9 Å². The zero-order chi connectivity index (χ0) is 18.5. The van der Waals surface area contributed by atoms with Crippen LogP contribution in [-0.2, 0) is 16.0 Å². The van der Waals surface area contributed by atoms with E-state index in [4.69, 9.17) is 9.47 Å². The summed E-state index contributed by atoms with van der Waals surface area (Å²) in [6, 6.07) is 6.69. The third kappa shape index (κ3) is 4.04. The zero-order valence-electron chi connectivity index (χ0n) is 14.6. The van der Waals surface area contributed by atoms with Gasteiger partial charge in [-0.25, -0.2) is 4.98 Å². The van der Waals surface area contributed by atoms with Crippen molar-refractivity contribution >= 4 is 11.4 Å². The number of non-ortho nitro benzene ring substituents is 1. The summed E-state index contributed by atoms with van der Waals surface area (Å²) in [5, 5.41) is 11.1. The Balaban J connectivity index is 1.94. The molecule has 2 heterocycles. The van der Waals surface area contributed by atoms with E-state index in [9.17, 15) is 10.1 Å². The first-order chi connectivity index (χ1) is 12.6. The summed E-state index contributed by atoms with van der Waals surface area (Å²) in [5.74, 6) is -0.0475. The summed E-state index contributed by atoms with van der Waals surface area (Å²) >= 11 is 0. The Kier molecular flexibility index (Phi) is 5.55. The van der Waals surface area contributed by atoms with E-state index in [1.54, 1.807) is 38.9 Å². The van der Waals surface area contributed by atoms with Crippen molar-refractivity contribution in [3.63, 3.8) is 0 Å². The Labute approximate surface area is 150 Å². The van der Waals surface area contributed by atoms with Gasteiger partial charge in [0.05, 0.1) is 29.2 Å². The molecule has 1 unspecified atom stereocenters. The average Bonchev–Trinajstić information content (AvgIpc) is 3.15. The molecule has 0 spiro atoms. The number of nitro benzene ring substituents is 1. The molecule has 8 heteroatoms. The fraction of sp³-hybridized carbons (Fsp3) is 0.333. The molecule has 0 radical (unpaired) electrons. The Bertz CT molecular complexity index is 825. The second kappa shape index (κ2) is 8.03. The van der Waals surface area contributed by atoms with Gasteiger partial charge in [-0.2, -0.15) is 0 Å². The van der Waals surface area contributed by atoms with Crippen LogP contribution in [0.3, 0.4) is 0 Å². The van der Waals surface area contributed by atoms with Gasteiger partial charge in [0, 0.05) is 51.1 Å². The first kappa shape index (κ1) is 18.0. The van der Waals surface area contributed by atoms with E-state index in [0.717, 1.165) is 17.0 Å². The van der Waals surface area contributed by atoms with E-state index in [1.165, 1.54) is 6.07 Å². The molecule has 0 fully saturated rings. The highest BCUT2D eigenvalue weighted by atomic mass is 16.7. The highest BCUT2D eigenvalue weighted by molar-refractivity contribution is 5.90. The average molecular weight is 356 g/mol. The lowest BCUT2D eigenvalue weighted by molar-refractivity contribution is -0.384. The molecule has 0 amide bonds. The number of aromatic nitrogens is 2. The fourth-order valence-electron chi connectivity index (χ4n) is 3.04. The molecule has 3 rings (SSSR count). The Morgan fingerprint density at radius 2 is 2.19 bits per heavy atom. The molecule has 0 bridgehead atoms. The van der Waals surface area contributed by atoms with E-state index in [1.807, 2.05) is 22.9 Å². The predicted octanol–water partition coefficient (Wildman–Crippen LogP) is 2.92. The highest BCUT2D eigenvalue weighted by Gasteiger charge is 2.25. The van der Waals surface area contributed by atoms with Gasteiger partial charge >= 0.3 is 0 Å². The quantitative estimate of drug-likeness (QED) is 0.432. The van der Waals surface area contributed by atoms with E-state index < -0.39 is 6.29 Å². The first-order valence-electron chi connectivity index (χ1n) is 8.14. The molecule has 0 saturated heterocycles. The van der Waals surface area contributed by atoms with Crippen LogP contribution in [0, 0.1) is 10.1 Å². The van der Waals surface area contributed by atoms with Gasteiger partial charge in [-0.05, 0) is 5.56 Å². The van der Waals surface area contributed by atoms with Crippen molar-refractivity contribution in [3.05, 3.63) is 70.4 Å². The van der Waals surface area contributed by atoms with Crippen LogP contribution >= 0.6 is 0 Å². The lowest BCUT2D eigenvalue weighted by Crippen LogP contribution is -2.28. The summed E-state index contributed by atoms with van der Waals surface area (Å²) in [5.41, 5.74) is 2.52. The summed E-state index contributed by atoms with van der Waals surface area (Å²) < 4.78 is 12.6. The predicted molar refractivity (Wildman–Crippen MR) is 96.0 cm³/mol. The Morgan fingerprint density at radius 1 is 1.38 bits per heavy atom. The van der Waals surface area contributed by atoms with Gasteiger partial charge in [0.2, 0.25) is 0 Å². The minimum absolute atomic E-state index is 0.0475. The van der Waals surface area contributed by atoms with Crippen molar-refractivity contribution in [1.82, 2.24) is 9.55 Å². The molecule has 1 aromatic carbocycles. The molecule has 1 aliphatic heterocycles. The number of ether oxygens (including phenoxy) is 2. The molecule has 0 aliphatic carbocycles. The fourth-order valence-corrected chi connectivity index (χ4v) is 3.04. The third-order valence-electron chi connectivity index (χ3n) is 4.22. The molecule has 136 valence electrons. The number of rotatable bonds is 7. The Hall–Kier alpha value is -2.84. The maximum Gasteiger partial charge on any atom is 0.269 e. The topological polar surface area (TPSA) is 91.8 Å². The van der Waals surface area contributed by atoms with Crippen molar-refractivity contribution in [2.45, 2.75) is 25.2 Å². The summed E-state index contributed by atoms with van der Waals surface area (Å²) in [4.78, 5) is 19.4. The second-order valence-corrected chi connectivity index (χ2v) is 5.96. The van der Waals surface area contributed by atoms with Crippen molar-refractivity contribution < 1.29 is 14.4 Å². The van der Waals surface area contributed by atoms with Gasteiger partial charge in [-0.15, -0.1) is 0 Å². The summed E-state index contributed by atoms with van der Waals surface area (Å²) in [7, 11) is 3.12. The molecule has 0 saturated carbocycles. The molecular formula is C18H20N4O4. The second-order valence-electron chi connectivity index (χ2n) is 5.96. The van der Waals surface area contributed by atoms with Gasteiger partial charge < -0.3 is 14.0 Å². The van der Waals surface area contributed by atoms with Gasteiger partial charge in [0.25, 0.3) is 5.69 Å². The van der Waals surface area contributed by atoms with Crippen molar-refractivity contribution in [1.29, 1.82) is 0 Å². The van der Waals surface area contributed by atoms with Crippen LogP contribution < -0.4 is 0 Å². The molecular weight excluding hydrogens is 336 g/mol. The molecule has 8 nitrogen and oxygen atoms in total. The number of hydrogen-bond acceptors (Lipinski definition) is 6. The zero-order valence-corrected chi connectivity index (χ0v) is 14.6. The van der Waals surface area contributed by atoms with Crippen LogP contribution in [0.4, 0.5) is 5.69 Å². The normalized spacial score (nSPS) is 17.1. The summed E-state index contributed by atoms with van der Waals surface area (Å²) in [6.07, 6.45) is 7.34. The van der Waals surface area contributed by atoms with Crippen molar-refractivity contribution in [2.24, 2.45) is 4.99 Å². The lowest BCUT2D eigenvalue weighted by atomic mass is 9.90. The minimum atomic E-state index is -0.553. The maximum absolute atomic E-state index is 11.1. The lowest BCUT2D eigenvalue weighted by Gasteiger charge is -2.25. The molecule has 1 aromatic heterocycles. The van der Waals surface area contributed by atoms with Crippen LogP contribution in [0.2, 0.25) is 0 Å². The summed E-state index contributed by atoms with van der Waals surface area (Å²) in [6.45, 7) is 0.551. The van der Waals surface area contributed by atoms with Gasteiger partial charge in [0.1, 0.15) is 0 Å². The molecule has 2 aromatic rings. The minimum Gasteiger partial charge on any atom is -0.351 e. The SMILES string of the molecule is COC(OC)C1=NC(Cn2ccnc2)=CC(c2cccc([N+](=O)[O-])c2)C1. The highest BCUT2D eigenvalue weighted by Crippen LogP contribution is 2.31. The number of nitrogens with zero attached hydrogens (tertiary/aromatic N) is 4. The number of benzene rings is 1. The van der Waals surface area contributed by atoms with E-state index in [-0.39, 0.29) is 16.5 Å². The van der Waals surface area contributed by atoms with Crippen LogP contribution in [-0.4, -0.2) is 40.7 Å². The molecule has 0 N–H and O–H groups in total. The van der Waals surface area contributed by atoms with Gasteiger partial charge in [0.15, 0.2) is 6.29 Å². The number of nitro groups is 1. The number of allylic oxidation sites excluding steroid dienone is 2. The van der Waals surface area contributed by atoms with Gasteiger partial charge in [-0.3, -0.25) is 15.1 Å². The van der Waals surface area contributed by atoms with Gasteiger partial charge in [-0.1, -0.05) is 18.2 Å². The number of imidazole rings is 1. The molecule has 1 aliphatic rings. The number of hydrogen-bond donors (Lipinski definition) is 0. The number of methoxy groups -OCH3 is 2. The Morgan fingerprint density at radius 3 is 2.85 bits per heavy atom. The first-order valence-corrected chi connectivity index (χ1v) is 8.14. The number of aliphatic imine (C=N–C) groups is 1. The largest absolute Gasteiger partial charge is 0.351 e. The molecule has 26 heavy (non-hydrogen) atoms. The van der Waals surface area contributed by atoms with Crippen molar-refractivity contribution in [3.8, 4) is 0 Å². The van der Waals surface area contributed by atoms with Crippen LogP contribution in [0.5, 0.6) is 0 Å². The van der Waals surface area contributed by atoms with Crippen molar-refractivity contribution in [2.75, 3.05) is 14.2 Å². The van der Waals surface area contributed by atoms with Crippen LogP contribution in [0.25, 0.3) is 0 Å². The smallest absolute Gasteiger partial charge is 0.269 e. The maximum atomic E-state index is 11.1. The van der Waals surface area contributed by atoms with E-state index in [0.29, 0.717) is 13.0 Å². The molecule has 1 atom stereocenters. The standard InChI is InChI=1S/C18H20N4O4/c1-25-18(26-2)17-10-14(13-4-3-5-16(9-13)22(23)24)8-15(20-17)11-21-7-6-19-12-21/h3-9,12,14,18H,10-11H2,1-2H3. The third-order valence-corrected chi connectivity index (χ3v) is 4.22. The monoisotopic (exact) mass is 356 g/mol. The van der Waals surface area contributed by atoms with E-state index in [2.05, 4.69) is 9.98 Å². The van der Waals surface area contributed by atoms with E-state index >= 15 is 0 Å².